The maximum Gasteiger partial charge on any atom is 0.321 e. The van der Waals surface area contributed by atoms with Crippen molar-refractivity contribution >= 4 is 5.97 Å². The molecule has 1 rings (SSSR count). The second-order valence-electron chi connectivity index (χ2n) is 4.20. The monoisotopic (exact) mass is 237 g/mol. The zero-order valence-electron chi connectivity index (χ0n) is 10.4. The standard InChI is InChI=1S/C13H19NO3/c1-9(2)17-11-6-4-5-10(7-11)8-12(14-3)13(15)16/h4-7,9,12,14H,8H2,1-3H3,(H,15,16). The van der Waals surface area contributed by atoms with Crippen LogP contribution in [-0.2, 0) is 11.2 Å². The van der Waals surface area contributed by atoms with E-state index in [-0.39, 0.29) is 6.10 Å². The van der Waals surface area contributed by atoms with E-state index < -0.39 is 12.0 Å². The van der Waals surface area contributed by atoms with Crippen molar-refractivity contribution in [3.8, 4) is 5.75 Å². The highest BCUT2D eigenvalue weighted by Crippen LogP contribution is 2.16. The van der Waals surface area contributed by atoms with Gasteiger partial charge in [0.05, 0.1) is 6.10 Å². The number of aliphatic carboxylic acids is 1. The number of benzene rings is 1. The fourth-order valence-electron chi connectivity index (χ4n) is 1.57. The zero-order valence-corrected chi connectivity index (χ0v) is 10.4. The van der Waals surface area contributed by atoms with Crippen LogP contribution in [-0.4, -0.2) is 30.3 Å². The fourth-order valence-corrected chi connectivity index (χ4v) is 1.57. The van der Waals surface area contributed by atoms with Gasteiger partial charge in [0.15, 0.2) is 0 Å². The summed E-state index contributed by atoms with van der Waals surface area (Å²) in [5.74, 6) is -0.0691. The Morgan fingerprint density at radius 3 is 2.71 bits per heavy atom. The molecule has 1 aromatic rings. The van der Waals surface area contributed by atoms with E-state index in [9.17, 15) is 4.79 Å². The Balaban J connectivity index is 2.74. The Labute approximate surface area is 102 Å². The van der Waals surface area contributed by atoms with Gasteiger partial charge in [-0.25, -0.2) is 0 Å². The topological polar surface area (TPSA) is 58.6 Å². The second kappa shape index (κ2) is 6.25. The molecule has 1 atom stereocenters. The first kappa shape index (κ1) is 13.5. The molecule has 4 heteroatoms. The Morgan fingerprint density at radius 1 is 1.47 bits per heavy atom. The van der Waals surface area contributed by atoms with E-state index in [4.69, 9.17) is 9.84 Å². The van der Waals surface area contributed by atoms with Crippen LogP contribution in [0.4, 0.5) is 0 Å². The maximum atomic E-state index is 10.9. The summed E-state index contributed by atoms with van der Waals surface area (Å²) in [4.78, 5) is 10.9. The third-order valence-electron chi connectivity index (χ3n) is 2.36. The van der Waals surface area contributed by atoms with E-state index in [1.165, 1.54) is 0 Å². The summed E-state index contributed by atoms with van der Waals surface area (Å²) in [5.41, 5.74) is 0.949. The van der Waals surface area contributed by atoms with Crippen molar-refractivity contribution in [1.82, 2.24) is 5.32 Å². The van der Waals surface area contributed by atoms with Gasteiger partial charge in [0, 0.05) is 0 Å². The van der Waals surface area contributed by atoms with Gasteiger partial charge in [-0.2, -0.15) is 0 Å². The van der Waals surface area contributed by atoms with E-state index in [0.29, 0.717) is 6.42 Å². The van der Waals surface area contributed by atoms with Crippen LogP contribution in [0.1, 0.15) is 19.4 Å². The molecule has 0 aliphatic heterocycles. The lowest BCUT2D eigenvalue weighted by Crippen LogP contribution is -2.35. The molecule has 0 spiro atoms. The second-order valence-corrected chi connectivity index (χ2v) is 4.20. The molecular formula is C13H19NO3. The number of hydrogen-bond donors (Lipinski definition) is 2. The number of hydrogen-bond acceptors (Lipinski definition) is 3. The first-order valence-corrected chi connectivity index (χ1v) is 5.68. The first-order chi connectivity index (χ1) is 8.02. The smallest absolute Gasteiger partial charge is 0.321 e. The molecule has 0 radical (unpaired) electrons. The van der Waals surface area contributed by atoms with Gasteiger partial charge in [-0.05, 0) is 45.0 Å². The Kier molecular flexibility index (Phi) is 4.97. The summed E-state index contributed by atoms with van der Waals surface area (Å²) in [6, 6.07) is 6.97. The van der Waals surface area contributed by atoms with Gasteiger partial charge in [0.25, 0.3) is 0 Å². The summed E-state index contributed by atoms with van der Waals surface area (Å²) < 4.78 is 5.56. The molecule has 1 aromatic carbocycles. The lowest BCUT2D eigenvalue weighted by atomic mass is 10.1. The average molecular weight is 237 g/mol. The quantitative estimate of drug-likeness (QED) is 0.790. The van der Waals surface area contributed by atoms with Gasteiger partial charge in [-0.3, -0.25) is 4.79 Å². The van der Waals surface area contributed by atoms with Crippen LogP contribution in [0.15, 0.2) is 24.3 Å². The third-order valence-corrected chi connectivity index (χ3v) is 2.36. The fraction of sp³-hybridized carbons (Fsp3) is 0.462. The molecule has 0 fully saturated rings. The number of likely N-dealkylation sites (N-methyl/N-ethyl adjacent to an activating group) is 1. The molecular weight excluding hydrogens is 218 g/mol. The molecule has 17 heavy (non-hydrogen) atoms. The molecule has 94 valence electrons. The van der Waals surface area contributed by atoms with Gasteiger partial charge in [-0.1, -0.05) is 12.1 Å². The number of nitrogens with one attached hydrogen (secondary N) is 1. The van der Waals surface area contributed by atoms with Gasteiger partial charge in [0.2, 0.25) is 0 Å². The Bertz CT molecular complexity index is 377. The zero-order chi connectivity index (χ0) is 12.8. The number of carbonyl (C=O) groups is 1. The predicted octanol–water partition coefficient (Wildman–Crippen LogP) is 1.69. The molecule has 2 N–H and O–H groups in total. The van der Waals surface area contributed by atoms with Crippen LogP contribution in [0.5, 0.6) is 5.75 Å². The van der Waals surface area contributed by atoms with Crippen LogP contribution in [0.2, 0.25) is 0 Å². The summed E-state index contributed by atoms with van der Waals surface area (Å²) >= 11 is 0. The highest BCUT2D eigenvalue weighted by molar-refractivity contribution is 5.73. The molecule has 0 aliphatic carbocycles. The van der Waals surface area contributed by atoms with Crippen molar-refractivity contribution in [2.75, 3.05) is 7.05 Å². The number of ether oxygens (including phenoxy) is 1. The average Bonchev–Trinajstić information content (AvgIpc) is 2.25. The first-order valence-electron chi connectivity index (χ1n) is 5.68. The molecule has 1 unspecified atom stereocenters. The van der Waals surface area contributed by atoms with Crippen molar-refractivity contribution in [2.45, 2.75) is 32.4 Å². The van der Waals surface area contributed by atoms with Crippen molar-refractivity contribution in [3.05, 3.63) is 29.8 Å². The molecule has 0 aliphatic rings. The highest BCUT2D eigenvalue weighted by atomic mass is 16.5. The molecule has 0 aromatic heterocycles. The highest BCUT2D eigenvalue weighted by Gasteiger charge is 2.15. The lowest BCUT2D eigenvalue weighted by molar-refractivity contribution is -0.139. The predicted molar refractivity (Wildman–Crippen MR) is 66.4 cm³/mol. The maximum absolute atomic E-state index is 10.9. The van der Waals surface area contributed by atoms with Crippen molar-refractivity contribution < 1.29 is 14.6 Å². The Hall–Kier alpha value is -1.55. The number of carboxylic acid groups (broad SMARTS) is 1. The van der Waals surface area contributed by atoms with E-state index >= 15 is 0 Å². The van der Waals surface area contributed by atoms with Gasteiger partial charge in [-0.15, -0.1) is 0 Å². The molecule has 0 amide bonds. The van der Waals surface area contributed by atoms with E-state index in [1.54, 1.807) is 7.05 Å². The minimum atomic E-state index is -0.845. The van der Waals surface area contributed by atoms with Gasteiger partial charge < -0.3 is 15.2 Å². The lowest BCUT2D eigenvalue weighted by Gasteiger charge is -2.13. The molecule has 4 nitrogen and oxygen atoms in total. The normalized spacial score (nSPS) is 12.5. The van der Waals surface area contributed by atoms with Crippen LogP contribution < -0.4 is 10.1 Å². The summed E-state index contributed by atoms with van der Waals surface area (Å²) in [6.45, 7) is 3.92. The number of rotatable bonds is 6. The summed E-state index contributed by atoms with van der Waals surface area (Å²) in [5, 5.41) is 11.7. The molecule has 0 saturated carbocycles. The molecule has 0 bridgehead atoms. The molecule has 0 saturated heterocycles. The van der Waals surface area contributed by atoms with Gasteiger partial charge >= 0.3 is 5.97 Å². The minimum Gasteiger partial charge on any atom is -0.491 e. The van der Waals surface area contributed by atoms with E-state index in [1.807, 2.05) is 38.1 Å². The molecule has 0 heterocycles. The van der Waals surface area contributed by atoms with Crippen LogP contribution in [0, 0.1) is 0 Å². The van der Waals surface area contributed by atoms with Crippen molar-refractivity contribution in [1.29, 1.82) is 0 Å². The summed E-state index contributed by atoms with van der Waals surface area (Å²) in [6.07, 6.45) is 0.561. The summed E-state index contributed by atoms with van der Waals surface area (Å²) in [7, 11) is 1.65. The largest absolute Gasteiger partial charge is 0.491 e. The van der Waals surface area contributed by atoms with Crippen LogP contribution >= 0.6 is 0 Å². The van der Waals surface area contributed by atoms with Crippen molar-refractivity contribution in [2.24, 2.45) is 0 Å². The third kappa shape index (κ3) is 4.44. The number of carboxylic acids is 1. The minimum absolute atomic E-state index is 0.116. The Morgan fingerprint density at radius 2 is 2.18 bits per heavy atom. The van der Waals surface area contributed by atoms with Gasteiger partial charge in [0.1, 0.15) is 11.8 Å². The van der Waals surface area contributed by atoms with E-state index in [2.05, 4.69) is 5.32 Å². The van der Waals surface area contributed by atoms with E-state index in [0.717, 1.165) is 11.3 Å². The van der Waals surface area contributed by atoms with Crippen molar-refractivity contribution in [3.63, 3.8) is 0 Å². The van der Waals surface area contributed by atoms with Crippen LogP contribution in [0.25, 0.3) is 0 Å². The van der Waals surface area contributed by atoms with Crippen LogP contribution in [0.3, 0.4) is 0 Å². The SMILES string of the molecule is CNC(Cc1cccc(OC(C)C)c1)C(=O)O.